The molecule has 1 rings (SSSR count). The molecule has 1 aromatic rings. The van der Waals surface area contributed by atoms with E-state index >= 15 is 0 Å². The second kappa shape index (κ2) is 3.91. The Balaban J connectivity index is 2.90. The Labute approximate surface area is 78.8 Å². The van der Waals surface area contributed by atoms with Crippen LogP contribution < -0.4 is 5.56 Å². The van der Waals surface area contributed by atoms with Crippen molar-refractivity contribution in [2.24, 2.45) is 0 Å². The maximum absolute atomic E-state index is 11.3. The minimum Gasteiger partial charge on any atom is -0.469 e. The number of H-pyrrole nitrogens is 1. The lowest BCUT2D eigenvalue weighted by molar-refractivity contribution is -0.139. The van der Waals surface area contributed by atoms with Crippen LogP contribution in [0.2, 0.25) is 0 Å². The molecule has 6 heteroatoms. The van der Waals surface area contributed by atoms with Gasteiger partial charge in [0.1, 0.15) is 17.7 Å². The van der Waals surface area contributed by atoms with Crippen LogP contribution in [-0.4, -0.2) is 24.0 Å². The average Bonchev–Trinajstić information content (AvgIpc) is 2.46. The summed E-state index contributed by atoms with van der Waals surface area (Å²) in [6, 6.07) is 0. The third-order valence-electron chi connectivity index (χ3n) is 1.69. The van der Waals surface area contributed by atoms with Gasteiger partial charge >= 0.3 is 5.97 Å². The van der Waals surface area contributed by atoms with Gasteiger partial charge in [-0.15, -0.1) is 0 Å². The number of aromatic amines is 1. The lowest BCUT2D eigenvalue weighted by atomic mass is 10.1. The molecule has 0 spiro atoms. The Morgan fingerprint density at radius 3 is 2.57 bits per heavy atom. The molecular weight excluding hydrogens is 190 g/mol. The zero-order chi connectivity index (χ0) is 10.7. The Morgan fingerprint density at radius 1 is 1.50 bits per heavy atom. The van der Waals surface area contributed by atoms with Crippen LogP contribution in [0.4, 0.5) is 0 Å². The topological polar surface area (TPSA) is 89.4 Å². The number of aryl methyl sites for hydroxylation is 1. The number of hydrogen-bond acceptors (Lipinski definition) is 5. The Kier molecular flexibility index (Phi) is 2.85. The van der Waals surface area contributed by atoms with Crippen molar-refractivity contribution in [3.05, 3.63) is 21.7 Å². The Morgan fingerprint density at radius 2 is 2.14 bits per heavy atom. The van der Waals surface area contributed by atoms with Gasteiger partial charge in [-0.3, -0.25) is 14.4 Å². The van der Waals surface area contributed by atoms with E-state index in [1.165, 1.54) is 14.0 Å². The number of ether oxygens (including phenoxy) is 1. The molecule has 1 aromatic heterocycles. The molecule has 1 heterocycles. The summed E-state index contributed by atoms with van der Waals surface area (Å²) in [5.41, 5.74) is -0.758. The fraction of sp³-hybridized carbons (Fsp3) is 0.375. The van der Waals surface area contributed by atoms with Crippen molar-refractivity contribution in [1.29, 1.82) is 0 Å². The van der Waals surface area contributed by atoms with E-state index < -0.39 is 23.7 Å². The summed E-state index contributed by atoms with van der Waals surface area (Å²) < 4.78 is 8.92. The van der Waals surface area contributed by atoms with Gasteiger partial charge in [0, 0.05) is 0 Å². The number of carbonyl (C=O) groups is 2. The zero-order valence-corrected chi connectivity index (χ0v) is 7.75. The highest BCUT2D eigenvalue weighted by Gasteiger charge is 2.20. The van der Waals surface area contributed by atoms with Crippen molar-refractivity contribution in [3.8, 4) is 0 Å². The molecule has 0 saturated heterocycles. The van der Waals surface area contributed by atoms with E-state index in [-0.39, 0.29) is 11.3 Å². The largest absolute Gasteiger partial charge is 0.469 e. The average molecular weight is 199 g/mol. The van der Waals surface area contributed by atoms with Crippen LogP contribution in [0, 0.1) is 6.92 Å². The molecule has 0 aromatic carbocycles. The molecule has 76 valence electrons. The molecule has 0 amide bonds. The molecule has 0 radical (unpaired) electrons. The molecule has 0 aliphatic rings. The number of aromatic nitrogens is 1. The highest BCUT2D eigenvalue weighted by molar-refractivity contribution is 6.06. The summed E-state index contributed by atoms with van der Waals surface area (Å²) in [6.07, 6.45) is -0.458. The summed E-state index contributed by atoms with van der Waals surface area (Å²) in [6.45, 7) is 1.46. The van der Waals surface area contributed by atoms with Crippen LogP contribution in [0.5, 0.6) is 0 Å². The number of nitrogens with one attached hydrogen (secondary N) is 1. The van der Waals surface area contributed by atoms with E-state index in [0.717, 1.165) is 0 Å². The van der Waals surface area contributed by atoms with Gasteiger partial charge in [0.2, 0.25) is 0 Å². The minimum absolute atomic E-state index is 0.129. The molecule has 0 aliphatic carbocycles. The van der Waals surface area contributed by atoms with Gasteiger partial charge in [-0.25, -0.2) is 0 Å². The standard InChI is InChI=1S/C8H9NO5/c1-4-7(8(12)9-14-4)5(10)3-6(11)13-2/h3H2,1-2H3,(H,9,12). The van der Waals surface area contributed by atoms with Crippen LogP contribution in [0.1, 0.15) is 22.5 Å². The number of carbonyl (C=O) groups excluding carboxylic acids is 2. The Bertz CT molecular complexity index is 414. The molecule has 0 saturated carbocycles. The highest BCUT2D eigenvalue weighted by Crippen LogP contribution is 2.04. The van der Waals surface area contributed by atoms with E-state index in [4.69, 9.17) is 0 Å². The second-order valence-electron chi connectivity index (χ2n) is 2.64. The molecule has 6 nitrogen and oxygen atoms in total. The number of ketones is 1. The number of esters is 1. The summed E-state index contributed by atoms with van der Waals surface area (Å²) in [5.74, 6) is -1.12. The number of hydrogen-bond donors (Lipinski definition) is 1. The maximum atomic E-state index is 11.3. The van der Waals surface area contributed by atoms with Gasteiger partial charge < -0.3 is 9.26 Å². The normalized spacial score (nSPS) is 9.86. The van der Waals surface area contributed by atoms with Gasteiger partial charge in [0.05, 0.1) is 7.11 Å². The molecule has 1 N–H and O–H groups in total. The van der Waals surface area contributed by atoms with Crippen molar-refractivity contribution < 1.29 is 18.8 Å². The molecule has 14 heavy (non-hydrogen) atoms. The van der Waals surface area contributed by atoms with Gasteiger partial charge in [0.25, 0.3) is 5.56 Å². The summed E-state index contributed by atoms with van der Waals surface area (Å²) in [5, 5.41) is 2.01. The van der Waals surface area contributed by atoms with E-state index in [1.807, 2.05) is 5.16 Å². The molecule has 0 atom stereocenters. The quantitative estimate of drug-likeness (QED) is 0.421. The Hall–Kier alpha value is -1.85. The first kappa shape index (κ1) is 10.2. The van der Waals surface area contributed by atoms with Crippen molar-refractivity contribution >= 4 is 11.8 Å². The van der Waals surface area contributed by atoms with Crippen LogP contribution >= 0.6 is 0 Å². The van der Waals surface area contributed by atoms with Crippen molar-refractivity contribution in [2.75, 3.05) is 7.11 Å². The lowest BCUT2D eigenvalue weighted by Crippen LogP contribution is -2.17. The zero-order valence-electron chi connectivity index (χ0n) is 7.75. The first-order valence-corrected chi connectivity index (χ1v) is 3.84. The number of rotatable bonds is 3. The lowest BCUT2D eigenvalue weighted by Gasteiger charge is -1.95. The van der Waals surface area contributed by atoms with E-state index in [2.05, 4.69) is 9.26 Å². The fourth-order valence-electron chi connectivity index (χ4n) is 0.999. The predicted octanol–water partition coefficient (Wildman–Crippen LogP) is 0.0221. The van der Waals surface area contributed by atoms with Gasteiger partial charge in [-0.05, 0) is 6.92 Å². The molecule has 0 unspecified atom stereocenters. The third kappa shape index (κ3) is 1.90. The molecule has 0 fully saturated rings. The first-order valence-electron chi connectivity index (χ1n) is 3.84. The SMILES string of the molecule is COC(=O)CC(=O)c1c(C)o[nH]c1=O. The van der Waals surface area contributed by atoms with Crippen LogP contribution in [0.3, 0.4) is 0 Å². The van der Waals surface area contributed by atoms with E-state index in [0.29, 0.717) is 0 Å². The summed E-state index contributed by atoms with van der Waals surface area (Å²) in [7, 11) is 1.17. The third-order valence-corrected chi connectivity index (χ3v) is 1.69. The van der Waals surface area contributed by atoms with E-state index in [9.17, 15) is 14.4 Å². The molecule has 0 aliphatic heterocycles. The van der Waals surface area contributed by atoms with Gasteiger partial charge in [0.15, 0.2) is 5.78 Å². The predicted molar refractivity (Wildman–Crippen MR) is 45.0 cm³/mol. The van der Waals surface area contributed by atoms with Crippen molar-refractivity contribution in [2.45, 2.75) is 13.3 Å². The fourth-order valence-corrected chi connectivity index (χ4v) is 0.999. The summed E-state index contributed by atoms with van der Waals surface area (Å²) in [4.78, 5) is 33.1. The number of methoxy groups -OCH3 is 1. The van der Waals surface area contributed by atoms with Gasteiger partial charge in [-0.1, -0.05) is 0 Å². The first-order chi connectivity index (χ1) is 6.56. The minimum atomic E-state index is -0.685. The van der Waals surface area contributed by atoms with Gasteiger partial charge in [-0.2, -0.15) is 5.16 Å². The molecule has 0 bridgehead atoms. The summed E-state index contributed by atoms with van der Waals surface area (Å²) >= 11 is 0. The molecular formula is C8H9NO5. The highest BCUT2D eigenvalue weighted by atomic mass is 16.5. The smallest absolute Gasteiger partial charge is 0.313 e. The number of Topliss-reactive ketones (excluding diaryl/α,β-unsaturated/α-hetero) is 1. The van der Waals surface area contributed by atoms with Crippen LogP contribution in [0.15, 0.2) is 9.32 Å². The monoisotopic (exact) mass is 199 g/mol. The van der Waals surface area contributed by atoms with Crippen LogP contribution in [-0.2, 0) is 9.53 Å². The van der Waals surface area contributed by atoms with Crippen molar-refractivity contribution in [1.82, 2.24) is 5.16 Å². The van der Waals surface area contributed by atoms with E-state index in [1.54, 1.807) is 0 Å². The van der Waals surface area contributed by atoms with Crippen LogP contribution in [0.25, 0.3) is 0 Å². The second-order valence-corrected chi connectivity index (χ2v) is 2.64. The van der Waals surface area contributed by atoms with Crippen molar-refractivity contribution in [3.63, 3.8) is 0 Å². The maximum Gasteiger partial charge on any atom is 0.313 e.